The number of nitrogens with one attached hydrogen (secondary N) is 1. The summed E-state index contributed by atoms with van der Waals surface area (Å²) in [5, 5.41) is 11.9. The SMILES string of the molecule is COC1(CNC(=O)N2CCCC(C(=O)O)C2)CCOC1. The highest BCUT2D eigenvalue weighted by molar-refractivity contribution is 5.76. The van der Waals surface area contributed by atoms with Crippen molar-refractivity contribution in [2.24, 2.45) is 5.92 Å². The molecule has 7 nitrogen and oxygen atoms in total. The van der Waals surface area contributed by atoms with E-state index in [1.807, 2.05) is 0 Å². The van der Waals surface area contributed by atoms with E-state index >= 15 is 0 Å². The lowest BCUT2D eigenvalue weighted by molar-refractivity contribution is -0.143. The molecule has 0 aliphatic carbocycles. The Morgan fingerprint density at radius 2 is 2.35 bits per heavy atom. The Labute approximate surface area is 118 Å². The number of carboxylic acids is 1. The van der Waals surface area contributed by atoms with Gasteiger partial charge in [0.25, 0.3) is 0 Å². The largest absolute Gasteiger partial charge is 0.481 e. The van der Waals surface area contributed by atoms with Crippen molar-refractivity contribution >= 4 is 12.0 Å². The number of rotatable bonds is 4. The van der Waals surface area contributed by atoms with Gasteiger partial charge in [-0.1, -0.05) is 0 Å². The van der Waals surface area contributed by atoms with Crippen LogP contribution in [-0.2, 0) is 14.3 Å². The van der Waals surface area contributed by atoms with Crippen LogP contribution in [0.5, 0.6) is 0 Å². The number of nitrogens with zero attached hydrogens (tertiary/aromatic N) is 1. The normalized spacial score (nSPS) is 30.2. The van der Waals surface area contributed by atoms with Crippen molar-refractivity contribution in [1.29, 1.82) is 0 Å². The number of piperidine rings is 1. The Balaban J connectivity index is 1.83. The first-order valence-corrected chi connectivity index (χ1v) is 6.95. The molecule has 2 heterocycles. The molecule has 114 valence electrons. The van der Waals surface area contributed by atoms with E-state index in [-0.39, 0.29) is 12.6 Å². The third-order valence-corrected chi connectivity index (χ3v) is 4.12. The van der Waals surface area contributed by atoms with E-state index in [9.17, 15) is 9.59 Å². The lowest BCUT2D eigenvalue weighted by Gasteiger charge is -2.32. The van der Waals surface area contributed by atoms with Gasteiger partial charge in [0.05, 0.1) is 19.1 Å². The zero-order valence-electron chi connectivity index (χ0n) is 11.8. The highest BCUT2D eigenvalue weighted by atomic mass is 16.5. The van der Waals surface area contributed by atoms with Gasteiger partial charge in [0, 0.05) is 33.2 Å². The van der Waals surface area contributed by atoms with E-state index in [1.165, 1.54) is 0 Å². The minimum absolute atomic E-state index is 0.223. The van der Waals surface area contributed by atoms with E-state index in [2.05, 4.69) is 5.32 Å². The molecule has 2 unspecified atom stereocenters. The van der Waals surface area contributed by atoms with Crippen molar-refractivity contribution in [3.05, 3.63) is 0 Å². The second-order valence-electron chi connectivity index (χ2n) is 5.47. The van der Waals surface area contributed by atoms with Crippen LogP contribution in [-0.4, -0.2) is 67.6 Å². The Morgan fingerprint density at radius 1 is 1.55 bits per heavy atom. The highest BCUT2D eigenvalue weighted by Gasteiger charge is 2.36. The summed E-state index contributed by atoms with van der Waals surface area (Å²) in [5.74, 6) is -1.29. The summed E-state index contributed by atoms with van der Waals surface area (Å²) in [6.45, 7) is 2.37. The maximum absolute atomic E-state index is 12.1. The Hall–Kier alpha value is -1.34. The summed E-state index contributed by atoms with van der Waals surface area (Å²) in [6, 6.07) is -0.223. The molecule has 0 spiro atoms. The average molecular weight is 286 g/mol. The number of urea groups is 1. The fraction of sp³-hybridized carbons (Fsp3) is 0.846. The topological polar surface area (TPSA) is 88.1 Å². The maximum atomic E-state index is 12.1. The fourth-order valence-corrected chi connectivity index (χ4v) is 2.67. The van der Waals surface area contributed by atoms with Crippen molar-refractivity contribution in [2.45, 2.75) is 24.9 Å². The molecular formula is C13H22N2O5. The second-order valence-corrected chi connectivity index (χ2v) is 5.47. The standard InChI is InChI=1S/C13H22N2O5/c1-19-13(4-6-20-9-13)8-14-12(18)15-5-2-3-10(7-15)11(16)17/h10H,2-9H2,1H3,(H,14,18)(H,16,17). The summed E-state index contributed by atoms with van der Waals surface area (Å²) < 4.78 is 10.8. The third-order valence-electron chi connectivity index (χ3n) is 4.12. The number of likely N-dealkylation sites (tertiary alicyclic amines) is 1. The molecule has 2 atom stereocenters. The lowest BCUT2D eigenvalue weighted by Crippen LogP contribution is -2.51. The van der Waals surface area contributed by atoms with Crippen LogP contribution in [0.4, 0.5) is 4.79 Å². The van der Waals surface area contributed by atoms with Crippen LogP contribution in [0.1, 0.15) is 19.3 Å². The maximum Gasteiger partial charge on any atom is 0.317 e. The number of aliphatic carboxylic acids is 1. The molecule has 7 heteroatoms. The Morgan fingerprint density at radius 3 is 2.95 bits per heavy atom. The zero-order chi connectivity index (χ0) is 14.6. The van der Waals surface area contributed by atoms with Crippen molar-refractivity contribution in [3.63, 3.8) is 0 Å². The smallest absolute Gasteiger partial charge is 0.317 e. The Kier molecular flexibility index (Phi) is 4.82. The molecule has 2 amide bonds. The third kappa shape index (κ3) is 3.40. The minimum Gasteiger partial charge on any atom is -0.481 e. The van der Waals surface area contributed by atoms with Gasteiger partial charge >= 0.3 is 12.0 Å². The van der Waals surface area contributed by atoms with Crippen LogP contribution in [0.15, 0.2) is 0 Å². The molecule has 2 fully saturated rings. The molecule has 2 rings (SSSR count). The van der Waals surface area contributed by atoms with Crippen molar-refractivity contribution < 1.29 is 24.2 Å². The summed E-state index contributed by atoms with van der Waals surface area (Å²) in [5.41, 5.74) is -0.447. The lowest BCUT2D eigenvalue weighted by atomic mass is 9.98. The molecule has 2 saturated heterocycles. The number of hydrogen-bond acceptors (Lipinski definition) is 4. The molecule has 0 bridgehead atoms. The number of ether oxygens (including phenoxy) is 2. The van der Waals surface area contributed by atoms with E-state index < -0.39 is 17.5 Å². The first kappa shape index (κ1) is 15.1. The molecule has 2 N–H and O–H groups in total. The quantitative estimate of drug-likeness (QED) is 0.776. The van der Waals surface area contributed by atoms with Gasteiger partial charge in [0.2, 0.25) is 0 Å². The molecule has 20 heavy (non-hydrogen) atoms. The number of carbonyl (C=O) groups is 2. The first-order valence-electron chi connectivity index (χ1n) is 6.95. The summed E-state index contributed by atoms with van der Waals surface area (Å²) in [6.07, 6.45) is 2.11. The number of methoxy groups -OCH3 is 1. The van der Waals surface area contributed by atoms with Gasteiger partial charge in [0.15, 0.2) is 0 Å². The average Bonchev–Trinajstić information content (AvgIpc) is 2.94. The second kappa shape index (κ2) is 6.41. The summed E-state index contributed by atoms with van der Waals surface area (Å²) in [4.78, 5) is 24.7. The Bertz CT molecular complexity index is 368. The molecule has 0 saturated carbocycles. The van der Waals surface area contributed by atoms with Gasteiger partial charge in [-0.2, -0.15) is 0 Å². The van der Waals surface area contributed by atoms with Crippen molar-refractivity contribution in [1.82, 2.24) is 10.2 Å². The predicted octanol–water partition coefficient (Wildman–Crippen LogP) is 0.298. The van der Waals surface area contributed by atoms with Crippen LogP contribution >= 0.6 is 0 Å². The number of hydrogen-bond donors (Lipinski definition) is 2. The monoisotopic (exact) mass is 286 g/mol. The zero-order valence-corrected chi connectivity index (χ0v) is 11.8. The van der Waals surface area contributed by atoms with Gasteiger partial charge in [-0.05, 0) is 12.8 Å². The summed E-state index contributed by atoms with van der Waals surface area (Å²) >= 11 is 0. The van der Waals surface area contributed by atoms with Crippen molar-refractivity contribution in [2.75, 3.05) is 40.0 Å². The predicted molar refractivity (Wildman–Crippen MR) is 70.5 cm³/mol. The van der Waals surface area contributed by atoms with Gasteiger partial charge in [-0.15, -0.1) is 0 Å². The van der Waals surface area contributed by atoms with Gasteiger partial charge < -0.3 is 24.8 Å². The van der Waals surface area contributed by atoms with E-state index in [0.717, 1.165) is 12.8 Å². The molecule has 2 aliphatic heterocycles. The van der Waals surface area contributed by atoms with E-state index in [4.69, 9.17) is 14.6 Å². The van der Waals surface area contributed by atoms with E-state index in [1.54, 1.807) is 12.0 Å². The molecule has 0 aromatic carbocycles. The summed E-state index contributed by atoms with van der Waals surface area (Å²) in [7, 11) is 1.61. The van der Waals surface area contributed by atoms with Crippen LogP contribution < -0.4 is 5.32 Å². The molecular weight excluding hydrogens is 264 g/mol. The number of carbonyl (C=O) groups excluding carboxylic acids is 1. The minimum atomic E-state index is -0.833. The molecule has 2 aliphatic rings. The van der Waals surface area contributed by atoms with Crippen LogP contribution in [0, 0.1) is 5.92 Å². The van der Waals surface area contributed by atoms with Gasteiger partial charge in [-0.25, -0.2) is 4.79 Å². The van der Waals surface area contributed by atoms with Gasteiger partial charge in [-0.3, -0.25) is 4.79 Å². The van der Waals surface area contributed by atoms with Crippen LogP contribution in [0.25, 0.3) is 0 Å². The first-order chi connectivity index (χ1) is 9.56. The molecule has 0 aromatic rings. The fourth-order valence-electron chi connectivity index (χ4n) is 2.67. The van der Waals surface area contributed by atoms with Crippen molar-refractivity contribution in [3.8, 4) is 0 Å². The number of amides is 2. The van der Waals surface area contributed by atoms with Gasteiger partial charge in [0.1, 0.15) is 5.60 Å². The molecule has 0 radical (unpaired) electrons. The highest BCUT2D eigenvalue weighted by Crippen LogP contribution is 2.22. The molecule has 0 aromatic heterocycles. The van der Waals surface area contributed by atoms with Crippen LogP contribution in [0.3, 0.4) is 0 Å². The van der Waals surface area contributed by atoms with Crippen LogP contribution in [0.2, 0.25) is 0 Å². The number of carboxylic acid groups (broad SMARTS) is 1. The van der Waals surface area contributed by atoms with E-state index in [0.29, 0.717) is 32.7 Å².